The van der Waals surface area contributed by atoms with Crippen LogP contribution in [0.25, 0.3) is 0 Å². The largest absolute Gasteiger partial charge is 0.317 e. The zero-order valence-corrected chi connectivity index (χ0v) is 10.4. The molecule has 1 aromatic heterocycles. The van der Waals surface area contributed by atoms with Gasteiger partial charge in [-0.3, -0.25) is 4.98 Å². The molecule has 0 radical (unpaired) electrons. The number of rotatable bonds is 4. The highest BCUT2D eigenvalue weighted by atomic mass is 32.2. The molecule has 17 heavy (non-hydrogen) atoms. The maximum absolute atomic E-state index is 11.9. The minimum atomic E-state index is -3.25. The van der Waals surface area contributed by atoms with E-state index in [2.05, 4.69) is 15.0 Å². The lowest BCUT2D eigenvalue weighted by Crippen LogP contribution is -2.43. The molecule has 0 aliphatic carbocycles. The van der Waals surface area contributed by atoms with Crippen molar-refractivity contribution in [3.8, 4) is 0 Å². The Morgan fingerprint density at radius 1 is 1.41 bits per heavy atom. The van der Waals surface area contributed by atoms with Crippen molar-refractivity contribution >= 4 is 10.0 Å². The zero-order valence-electron chi connectivity index (χ0n) is 9.59. The van der Waals surface area contributed by atoms with E-state index in [-0.39, 0.29) is 11.8 Å². The monoisotopic (exact) mass is 255 g/mol. The summed E-state index contributed by atoms with van der Waals surface area (Å²) < 4.78 is 26.6. The molecule has 1 fully saturated rings. The van der Waals surface area contributed by atoms with Crippen LogP contribution in [-0.4, -0.2) is 32.5 Å². The van der Waals surface area contributed by atoms with Gasteiger partial charge in [0.05, 0.1) is 5.75 Å². The second kappa shape index (κ2) is 5.57. The summed E-state index contributed by atoms with van der Waals surface area (Å²) in [4.78, 5) is 3.91. The van der Waals surface area contributed by atoms with Crippen LogP contribution in [0.1, 0.15) is 18.4 Å². The van der Waals surface area contributed by atoms with E-state index in [4.69, 9.17) is 0 Å². The smallest absolute Gasteiger partial charge is 0.216 e. The number of nitrogens with one attached hydrogen (secondary N) is 2. The van der Waals surface area contributed by atoms with Gasteiger partial charge in [-0.05, 0) is 37.6 Å². The molecule has 2 N–H and O–H groups in total. The lowest BCUT2D eigenvalue weighted by molar-refractivity contribution is 0.427. The quantitative estimate of drug-likeness (QED) is 0.809. The van der Waals surface area contributed by atoms with Crippen LogP contribution in [0.15, 0.2) is 24.5 Å². The summed E-state index contributed by atoms with van der Waals surface area (Å²) >= 11 is 0. The van der Waals surface area contributed by atoms with Gasteiger partial charge in [0.2, 0.25) is 10.0 Å². The van der Waals surface area contributed by atoms with Gasteiger partial charge in [0.15, 0.2) is 0 Å². The first-order valence-electron chi connectivity index (χ1n) is 5.75. The molecule has 0 bridgehead atoms. The molecule has 1 saturated heterocycles. The average molecular weight is 255 g/mol. The van der Waals surface area contributed by atoms with Gasteiger partial charge >= 0.3 is 0 Å². The van der Waals surface area contributed by atoms with Gasteiger partial charge in [0.25, 0.3) is 0 Å². The zero-order chi connectivity index (χ0) is 12.1. The summed E-state index contributed by atoms with van der Waals surface area (Å²) in [6, 6.07) is 3.59. The molecule has 94 valence electrons. The highest BCUT2D eigenvalue weighted by molar-refractivity contribution is 7.88. The predicted molar refractivity (Wildman–Crippen MR) is 65.9 cm³/mol. The third kappa shape index (κ3) is 4.07. The minimum Gasteiger partial charge on any atom is -0.317 e. The fourth-order valence-corrected chi connectivity index (χ4v) is 3.37. The number of nitrogens with zero attached hydrogens (tertiary/aromatic N) is 1. The molecular weight excluding hydrogens is 238 g/mol. The van der Waals surface area contributed by atoms with Crippen molar-refractivity contribution in [1.29, 1.82) is 0 Å². The summed E-state index contributed by atoms with van der Waals surface area (Å²) in [7, 11) is -3.25. The molecule has 0 amide bonds. The van der Waals surface area contributed by atoms with Crippen molar-refractivity contribution in [1.82, 2.24) is 15.0 Å². The van der Waals surface area contributed by atoms with Crippen LogP contribution in [0.3, 0.4) is 0 Å². The van der Waals surface area contributed by atoms with E-state index in [1.807, 2.05) is 0 Å². The summed E-state index contributed by atoms with van der Waals surface area (Å²) in [6.07, 6.45) is 4.93. The van der Waals surface area contributed by atoms with E-state index in [1.54, 1.807) is 24.5 Å². The third-order valence-corrected chi connectivity index (χ3v) is 4.17. The topological polar surface area (TPSA) is 71.1 Å². The standard InChI is InChI=1S/C11H17N3O2S/c15-17(16,9-10-2-1-5-13-8-10)14-11-3-6-12-7-4-11/h1-2,5,8,11-12,14H,3-4,6-7,9H2. The van der Waals surface area contributed by atoms with Crippen LogP contribution in [-0.2, 0) is 15.8 Å². The average Bonchev–Trinajstić information content (AvgIpc) is 2.30. The second-order valence-corrected chi connectivity index (χ2v) is 6.02. The molecule has 2 rings (SSSR count). The van der Waals surface area contributed by atoms with Crippen molar-refractivity contribution in [2.75, 3.05) is 13.1 Å². The third-order valence-electron chi connectivity index (χ3n) is 2.76. The SMILES string of the molecule is O=S(=O)(Cc1cccnc1)NC1CCNCC1. The number of hydrogen-bond donors (Lipinski definition) is 2. The Morgan fingerprint density at radius 3 is 2.82 bits per heavy atom. The first-order chi connectivity index (χ1) is 8.16. The molecule has 1 aliphatic rings. The van der Waals surface area contributed by atoms with Crippen LogP contribution in [0.4, 0.5) is 0 Å². The van der Waals surface area contributed by atoms with Gasteiger partial charge in [-0.1, -0.05) is 6.07 Å². The van der Waals surface area contributed by atoms with E-state index in [9.17, 15) is 8.42 Å². The molecule has 0 atom stereocenters. The number of piperidine rings is 1. The molecule has 0 unspecified atom stereocenters. The number of pyridine rings is 1. The fraction of sp³-hybridized carbons (Fsp3) is 0.545. The summed E-state index contributed by atoms with van der Waals surface area (Å²) in [6.45, 7) is 1.75. The van der Waals surface area contributed by atoms with Gasteiger partial charge in [0, 0.05) is 18.4 Å². The summed E-state index contributed by atoms with van der Waals surface area (Å²) in [5.41, 5.74) is 0.717. The van der Waals surface area contributed by atoms with Crippen molar-refractivity contribution in [3.63, 3.8) is 0 Å². The fourth-order valence-electron chi connectivity index (χ4n) is 1.94. The van der Waals surface area contributed by atoms with Gasteiger partial charge < -0.3 is 5.32 Å². The first kappa shape index (κ1) is 12.5. The predicted octanol–water partition coefficient (Wildman–Crippen LogP) is 0.253. The molecule has 0 aromatic carbocycles. The lowest BCUT2D eigenvalue weighted by atomic mass is 10.1. The minimum absolute atomic E-state index is 0.00473. The number of hydrogen-bond acceptors (Lipinski definition) is 4. The van der Waals surface area contributed by atoms with Crippen LogP contribution < -0.4 is 10.0 Å². The maximum atomic E-state index is 11.9. The van der Waals surface area contributed by atoms with E-state index >= 15 is 0 Å². The maximum Gasteiger partial charge on any atom is 0.216 e. The molecule has 1 aliphatic heterocycles. The highest BCUT2D eigenvalue weighted by Crippen LogP contribution is 2.07. The lowest BCUT2D eigenvalue weighted by Gasteiger charge is -2.23. The summed E-state index contributed by atoms with van der Waals surface area (Å²) in [5.74, 6) is 0.00473. The molecule has 1 aromatic rings. The molecule has 0 spiro atoms. The molecule has 5 nitrogen and oxygen atoms in total. The van der Waals surface area contributed by atoms with E-state index < -0.39 is 10.0 Å². The van der Waals surface area contributed by atoms with E-state index in [0.29, 0.717) is 5.56 Å². The Kier molecular flexibility index (Phi) is 4.09. The van der Waals surface area contributed by atoms with Gasteiger partial charge in [-0.15, -0.1) is 0 Å². The Balaban J connectivity index is 1.94. The van der Waals surface area contributed by atoms with Crippen molar-refractivity contribution in [2.24, 2.45) is 0 Å². The Morgan fingerprint density at radius 2 is 2.18 bits per heavy atom. The van der Waals surface area contributed by atoms with Crippen molar-refractivity contribution < 1.29 is 8.42 Å². The Hall–Kier alpha value is -0.980. The van der Waals surface area contributed by atoms with Crippen LogP contribution in [0, 0.1) is 0 Å². The van der Waals surface area contributed by atoms with Gasteiger partial charge in [0.1, 0.15) is 0 Å². The van der Waals surface area contributed by atoms with E-state index in [1.165, 1.54) is 0 Å². The van der Waals surface area contributed by atoms with Crippen LogP contribution in [0.2, 0.25) is 0 Å². The highest BCUT2D eigenvalue weighted by Gasteiger charge is 2.20. The molecule has 2 heterocycles. The van der Waals surface area contributed by atoms with Gasteiger partial charge in [-0.25, -0.2) is 13.1 Å². The molecule has 0 saturated carbocycles. The first-order valence-corrected chi connectivity index (χ1v) is 7.40. The van der Waals surface area contributed by atoms with Crippen LogP contribution in [0.5, 0.6) is 0 Å². The molecular formula is C11H17N3O2S. The van der Waals surface area contributed by atoms with Crippen molar-refractivity contribution in [3.05, 3.63) is 30.1 Å². The Bertz CT molecular complexity index is 441. The summed E-state index contributed by atoms with van der Waals surface area (Å²) in [5, 5.41) is 3.21. The number of aromatic nitrogens is 1. The normalized spacial score (nSPS) is 18.1. The van der Waals surface area contributed by atoms with E-state index in [0.717, 1.165) is 25.9 Å². The van der Waals surface area contributed by atoms with Gasteiger partial charge in [-0.2, -0.15) is 0 Å². The molecule has 6 heteroatoms. The Labute approximate surface area is 102 Å². The van der Waals surface area contributed by atoms with Crippen molar-refractivity contribution in [2.45, 2.75) is 24.6 Å². The second-order valence-electron chi connectivity index (χ2n) is 4.26. The van der Waals surface area contributed by atoms with Crippen LogP contribution >= 0.6 is 0 Å². The number of sulfonamides is 1.